The Kier molecular flexibility index (Phi) is 7.25. The zero-order valence-corrected chi connectivity index (χ0v) is 18.8. The van der Waals surface area contributed by atoms with E-state index in [0.717, 1.165) is 28.1 Å². The summed E-state index contributed by atoms with van der Waals surface area (Å²) >= 11 is 0. The lowest BCUT2D eigenvalue weighted by Crippen LogP contribution is -2.29. The predicted octanol–water partition coefficient (Wildman–Crippen LogP) is 4.87. The zero-order chi connectivity index (χ0) is 22.4. The molecule has 0 fully saturated rings. The van der Waals surface area contributed by atoms with Crippen molar-refractivity contribution in [3.05, 3.63) is 87.7 Å². The Morgan fingerprint density at radius 1 is 1.06 bits per heavy atom. The number of hydrogen-bond acceptors (Lipinski definition) is 3. The van der Waals surface area contributed by atoms with Gasteiger partial charge in [-0.1, -0.05) is 48.5 Å². The lowest BCUT2D eigenvalue weighted by Gasteiger charge is -2.21. The molecule has 0 aliphatic carbocycles. The van der Waals surface area contributed by atoms with Crippen LogP contribution in [0.5, 0.6) is 0 Å². The molecular formula is C26H30N4O. The topological polar surface area (TPSA) is 70.7 Å². The maximum Gasteiger partial charge on any atom is 0.221 e. The molecule has 0 spiro atoms. The number of carbonyl (C=O) groups excluding carboxylic acids is 1. The first-order chi connectivity index (χ1) is 14.9. The van der Waals surface area contributed by atoms with E-state index in [4.69, 9.17) is 5.26 Å². The molecule has 1 N–H and O–H groups in total. The first-order valence-electron chi connectivity index (χ1n) is 10.7. The molecule has 160 valence electrons. The fourth-order valence-electron chi connectivity index (χ4n) is 3.89. The first kappa shape index (κ1) is 22.3. The van der Waals surface area contributed by atoms with Gasteiger partial charge in [-0.25, -0.2) is 0 Å². The Labute approximate surface area is 184 Å². The Bertz CT molecular complexity index is 1090. The molecule has 0 radical (unpaired) electrons. The third-order valence-electron chi connectivity index (χ3n) is 5.87. The van der Waals surface area contributed by atoms with Crippen molar-refractivity contribution in [3.63, 3.8) is 0 Å². The minimum Gasteiger partial charge on any atom is -0.345 e. The highest BCUT2D eigenvalue weighted by molar-refractivity contribution is 5.77. The molecule has 0 saturated heterocycles. The van der Waals surface area contributed by atoms with E-state index < -0.39 is 0 Å². The normalized spacial score (nSPS) is 11.7. The molecule has 1 atom stereocenters. The van der Waals surface area contributed by atoms with Crippen molar-refractivity contribution >= 4 is 5.91 Å². The van der Waals surface area contributed by atoms with E-state index in [9.17, 15) is 4.79 Å². The number of nitriles is 1. The van der Waals surface area contributed by atoms with Crippen LogP contribution in [0.4, 0.5) is 0 Å². The molecule has 1 aromatic heterocycles. The Hall–Kier alpha value is -3.39. The molecule has 0 saturated carbocycles. The second-order valence-electron chi connectivity index (χ2n) is 8.04. The van der Waals surface area contributed by atoms with Gasteiger partial charge in [0, 0.05) is 12.1 Å². The lowest BCUT2D eigenvalue weighted by atomic mass is 9.95. The Balaban J connectivity index is 1.75. The molecule has 1 amide bonds. The molecule has 1 heterocycles. The van der Waals surface area contributed by atoms with Crippen LogP contribution in [-0.2, 0) is 17.8 Å². The lowest BCUT2D eigenvalue weighted by molar-refractivity contribution is -0.121. The van der Waals surface area contributed by atoms with Gasteiger partial charge in [0.25, 0.3) is 0 Å². The molecule has 5 nitrogen and oxygen atoms in total. The fraction of sp³-hybridized carbons (Fsp3) is 0.346. The van der Waals surface area contributed by atoms with Crippen LogP contribution in [-0.4, -0.2) is 15.7 Å². The van der Waals surface area contributed by atoms with Crippen LogP contribution in [0.2, 0.25) is 0 Å². The van der Waals surface area contributed by atoms with Gasteiger partial charge in [-0.2, -0.15) is 10.4 Å². The Morgan fingerprint density at radius 3 is 2.48 bits per heavy atom. The highest BCUT2D eigenvalue weighted by atomic mass is 16.1. The number of nitrogens with one attached hydrogen (secondary N) is 1. The maximum atomic E-state index is 12.9. The van der Waals surface area contributed by atoms with E-state index in [0.29, 0.717) is 25.8 Å². The highest BCUT2D eigenvalue weighted by Gasteiger charge is 2.19. The van der Waals surface area contributed by atoms with Crippen LogP contribution < -0.4 is 5.32 Å². The number of aryl methyl sites for hydroxylation is 4. The molecule has 31 heavy (non-hydrogen) atoms. The van der Waals surface area contributed by atoms with Crippen LogP contribution >= 0.6 is 0 Å². The molecule has 0 aliphatic rings. The van der Waals surface area contributed by atoms with Crippen molar-refractivity contribution in [3.8, 4) is 6.07 Å². The first-order valence-corrected chi connectivity index (χ1v) is 10.7. The van der Waals surface area contributed by atoms with Crippen LogP contribution in [0.1, 0.15) is 58.1 Å². The zero-order valence-electron chi connectivity index (χ0n) is 18.8. The number of amides is 1. The molecular weight excluding hydrogens is 384 g/mol. The molecule has 3 rings (SSSR count). The van der Waals surface area contributed by atoms with E-state index >= 15 is 0 Å². The summed E-state index contributed by atoms with van der Waals surface area (Å²) in [6.45, 7) is 8.74. The number of carbonyl (C=O) groups is 1. The van der Waals surface area contributed by atoms with Crippen LogP contribution in [0.25, 0.3) is 0 Å². The summed E-state index contributed by atoms with van der Waals surface area (Å²) in [5, 5.41) is 16.6. The summed E-state index contributed by atoms with van der Waals surface area (Å²) in [6, 6.07) is 18.4. The highest BCUT2D eigenvalue weighted by Crippen LogP contribution is 2.24. The standard InChI is InChI=1S/C26H30N4O/c1-18-11-12-23(17-19(18)2)26(22-9-6-5-7-10-22)28-25(31)14-13-24-20(3)29-30(21(24)4)16-8-15-27/h5-7,9-12,17,26H,8,13-14,16H2,1-4H3,(H,28,31). The maximum absolute atomic E-state index is 12.9. The average molecular weight is 415 g/mol. The second-order valence-corrected chi connectivity index (χ2v) is 8.04. The summed E-state index contributed by atoms with van der Waals surface area (Å²) < 4.78 is 1.87. The van der Waals surface area contributed by atoms with E-state index in [1.165, 1.54) is 11.1 Å². The van der Waals surface area contributed by atoms with E-state index in [1.807, 2.05) is 48.9 Å². The molecule has 1 unspecified atom stereocenters. The largest absolute Gasteiger partial charge is 0.345 e. The van der Waals surface area contributed by atoms with Crippen LogP contribution in [0.3, 0.4) is 0 Å². The van der Waals surface area contributed by atoms with Crippen molar-refractivity contribution in [1.82, 2.24) is 15.1 Å². The minimum atomic E-state index is -0.187. The van der Waals surface area contributed by atoms with Crippen LogP contribution in [0.15, 0.2) is 48.5 Å². The van der Waals surface area contributed by atoms with Gasteiger partial charge >= 0.3 is 0 Å². The van der Waals surface area contributed by atoms with Gasteiger partial charge < -0.3 is 5.32 Å². The summed E-state index contributed by atoms with van der Waals surface area (Å²) in [6.07, 6.45) is 1.45. The number of nitrogens with zero attached hydrogens (tertiary/aromatic N) is 3. The number of benzene rings is 2. The predicted molar refractivity (Wildman–Crippen MR) is 123 cm³/mol. The average Bonchev–Trinajstić information content (AvgIpc) is 3.04. The van der Waals surface area contributed by atoms with Gasteiger partial charge in [-0.05, 0) is 61.9 Å². The molecule has 0 aliphatic heterocycles. The van der Waals surface area contributed by atoms with Gasteiger partial charge in [0.1, 0.15) is 0 Å². The SMILES string of the molecule is Cc1ccc(C(NC(=O)CCc2c(C)nn(CCC#N)c2C)c2ccccc2)cc1C. The summed E-state index contributed by atoms with van der Waals surface area (Å²) in [4.78, 5) is 12.9. The van der Waals surface area contributed by atoms with Crippen molar-refractivity contribution in [2.24, 2.45) is 0 Å². The monoisotopic (exact) mass is 414 g/mol. The van der Waals surface area contributed by atoms with Gasteiger partial charge in [-0.15, -0.1) is 0 Å². The van der Waals surface area contributed by atoms with Gasteiger partial charge in [0.2, 0.25) is 5.91 Å². The smallest absolute Gasteiger partial charge is 0.221 e. The van der Waals surface area contributed by atoms with E-state index in [2.05, 4.69) is 48.5 Å². The van der Waals surface area contributed by atoms with E-state index in [-0.39, 0.29) is 11.9 Å². The van der Waals surface area contributed by atoms with Gasteiger partial charge in [0.05, 0.1) is 30.8 Å². The quantitative estimate of drug-likeness (QED) is 0.572. The molecule has 3 aromatic rings. The summed E-state index contributed by atoms with van der Waals surface area (Å²) in [5.41, 5.74) is 7.65. The third kappa shape index (κ3) is 5.40. The number of aromatic nitrogens is 2. The molecule has 5 heteroatoms. The number of hydrogen-bond donors (Lipinski definition) is 1. The fourth-order valence-corrected chi connectivity index (χ4v) is 3.89. The van der Waals surface area contributed by atoms with Crippen molar-refractivity contribution in [1.29, 1.82) is 5.26 Å². The minimum absolute atomic E-state index is 0.00987. The number of rotatable bonds is 8. The molecule has 2 aromatic carbocycles. The van der Waals surface area contributed by atoms with Crippen molar-refractivity contribution in [2.45, 2.75) is 59.5 Å². The second kappa shape index (κ2) is 10.1. The molecule has 0 bridgehead atoms. The summed E-state index contributed by atoms with van der Waals surface area (Å²) in [7, 11) is 0. The third-order valence-corrected chi connectivity index (χ3v) is 5.87. The Morgan fingerprint density at radius 2 is 1.81 bits per heavy atom. The van der Waals surface area contributed by atoms with Crippen molar-refractivity contribution < 1.29 is 4.79 Å². The summed E-state index contributed by atoms with van der Waals surface area (Å²) in [5.74, 6) is 0.00987. The van der Waals surface area contributed by atoms with Crippen LogP contribution in [0, 0.1) is 39.0 Å². The van der Waals surface area contributed by atoms with Crippen molar-refractivity contribution in [2.75, 3.05) is 0 Å². The van der Waals surface area contributed by atoms with Gasteiger partial charge in [0.15, 0.2) is 0 Å². The van der Waals surface area contributed by atoms with Gasteiger partial charge in [-0.3, -0.25) is 9.48 Å². The van der Waals surface area contributed by atoms with E-state index in [1.54, 1.807) is 0 Å².